The predicted molar refractivity (Wildman–Crippen MR) is 132 cm³/mol. The van der Waals surface area contributed by atoms with E-state index >= 15 is 0 Å². The van der Waals surface area contributed by atoms with Crippen LogP contribution in [0.25, 0.3) is 22.2 Å². The van der Waals surface area contributed by atoms with E-state index in [1.165, 1.54) is 0 Å². The molecule has 0 bridgehead atoms. The van der Waals surface area contributed by atoms with Crippen molar-refractivity contribution in [3.63, 3.8) is 0 Å². The Morgan fingerprint density at radius 2 is 1.50 bits per heavy atom. The number of nitrogen functional groups attached to an aromatic ring is 1. The van der Waals surface area contributed by atoms with Crippen molar-refractivity contribution < 1.29 is 5.11 Å². The van der Waals surface area contributed by atoms with Gasteiger partial charge in [-0.3, -0.25) is 9.13 Å². The van der Waals surface area contributed by atoms with E-state index in [1.807, 2.05) is 66.2 Å². The van der Waals surface area contributed by atoms with Crippen LogP contribution in [0, 0.1) is 5.41 Å². The molecule has 3 N–H and O–H groups in total. The average molecular weight is 430 g/mol. The summed E-state index contributed by atoms with van der Waals surface area (Å²) in [6.07, 6.45) is 0. The molecule has 1 aromatic heterocycles. The van der Waals surface area contributed by atoms with Crippen molar-refractivity contribution in [2.45, 2.75) is 39.8 Å². The molecule has 166 valence electrons. The van der Waals surface area contributed by atoms with Crippen molar-refractivity contribution in [3.8, 4) is 11.1 Å². The maximum absolute atomic E-state index is 12.9. The third kappa shape index (κ3) is 3.96. The first-order valence-corrected chi connectivity index (χ1v) is 10.9. The van der Waals surface area contributed by atoms with Gasteiger partial charge in [0.05, 0.1) is 11.0 Å². The fourth-order valence-electron chi connectivity index (χ4n) is 4.19. The van der Waals surface area contributed by atoms with Gasteiger partial charge in [0, 0.05) is 19.3 Å². The summed E-state index contributed by atoms with van der Waals surface area (Å²) in [5.74, 6) is 0. The standard InChI is InChI=1S/C27H31N3O2/c1-26(2,3)17-30-23-14-9-19(16-24(23)29(5)25(30)31)18-7-6-8-21(15-18)27(4,32)20-10-12-22(28)13-11-20/h6-16,32H,17,28H2,1-5H3. The normalized spacial score (nSPS) is 13.9. The maximum atomic E-state index is 12.9. The largest absolute Gasteiger partial charge is 0.399 e. The van der Waals surface area contributed by atoms with Gasteiger partial charge in [0.15, 0.2) is 0 Å². The molecule has 5 heteroatoms. The number of aliphatic hydroxyl groups is 1. The number of hydrogen-bond donors (Lipinski definition) is 2. The highest BCUT2D eigenvalue weighted by Crippen LogP contribution is 2.33. The molecule has 0 amide bonds. The van der Waals surface area contributed by atoms with E-state index in [4.69, 9.17) is 5.73 Å². The first-order valence-electron chi connectivity index (χ1n) is 10.9. The average Bonchev–Trinajstić information content (AvgIpc) is 2.97. The monoisotopic (exact) mass is 429 g/mol. The van der Waals surface area contributed by atoms with E-state index in [0.29, 0.717) is 12.2 Å². The fraction of sp³-hybridized carbons (Fsp3) is 0.296. The molecule has 0 aliphatic carbocycles. The lowest BCUT2D eigenvalue weighted by atomic mass is 9.86. The third-order valence-electron chi connectivity index (χ3n) is 6.01. The van der Waals surface area contributed by atoms with Crippen LogP contribution in [0.15, 0.2) is 71.5 Å². The molecule has 4 rings (SSSR count). The second kappa shape index (κ2) is 7.68. The van der Waals surface area contributed by atoms with Crippen LogP contribution in [0.3, 0.4) is 0 Å². The number of rotatable bonds is 4. The molecule has 4 aromatic rings. The Morgan fingerprint density at radius 3 is 2.16 bits per heavy atom. The van der Waals surface area contributed by atoms with Crippen molar-refractivity contribution in [2.24, 2.45) is 12.5 Å². The zero-order valence-electron chi connectivity index (χ0n) is 19.4. The van der Waals surface area contributed by atoms with Gasteiger partial charge in [-0.25, -0.2) is 4.79 Å². The molecular weight excluding hydrogens is 398 g/mol. The number of benzene rings is 3. The van der Waals surface area contributed by atoms with Crippen molar-refractivity contribution in [1.29, 1.82) is 0 Å². The number of imidazole rings is 1. The van der Waals surface area contributed by atoms with Crippen LogP contribution in [0.2, 0.25) is 0 Å². The van der Waals surface area contributed by atoms with E-state index in [2.05, 4.69) is 20.8 Å². The Morgan fingerprint density at radius 1 is 0.844 bits per heavy atom. The Labute approximate surface area is 188 Å². The lowest BCUT2D eigenvalue weighted by molar-refractivity contribution is 0.102. The number of aryl methyl sites for hydroxylation is 1. The third-order valence-corrected chi connectivity index (χ3v) is 6.01. The van der Waals surface area contributed by atoms with Crippen LogP contribution in [-0.2, 0) is 19.2 Å². The Balaban J connectivity index is 1.78. The Bertz CT molecular complexity index is 1340. The van der Waals surface area contributed by atoms with Gasteiger partial charge in [0.2, 0.25) is 0 Å². The van der Waals surface area contributed by atoms with Crippen molar-refractivity contribution in [1.82, 2.24) is 9.13 Å². The zero-order valence-corrected chi connectivity index (χ0v) is 19.4. The number of hydrogen-bond acceptors (Lipinski definition) is 3. The van der Waals surface area contributed by atoms with Gasteiger partial charge in [0.1, 0.15) is 5.60 Å². The van der Waals surface area contributed by atoms with Crippen LogP contribution in [0.4, 0.5) is 5.69 Å². The summed E-state index contributed by atoms with van der Waals surface area (Å²) >= 11 is 0. The van der Waals surface area contributed by atoms with Crippen molar-refractivity contribution in [2.75, 3.05) is 5.73 Å². The Kier molecular flexibility index (Phi) is 5.25. The molecule has 5 nitrogen and oxygen atoms in total. The highest BCUT2D eigenvalue weighted by Gasteiger charge is 2.26. The Hall–Kier alpha value is -3.31. The van der Waals surface area contributed by atoms with Gasteiger partial charge in [-0.2, -0.15) is 0 Å². The maximum Gasteiger partial charge on any atom is 0.328 e. The van der Waals surface area contributed by atoms with Crippen molar-refractivity contribution in [3.05, 3.63) is 88.3 Å². The van der Waals surface area contributed by atoms with E-state index < -0.39 is 5.60 Å². The number of fused-ring (bicyclic) bond motifs is 1. The molecule has 0 radical (unpaired) electrons. The topological polar surface area (TPSA) is 73.2 Å². The molecule has 1 atom stereocenters. The quantitative estimate of drug-likeness (QED) is 0.454. The molecule has 0 saturated heterocycles. The lowest BCUT2D eigenvalue weighted by Crippen LogP contribution is -2.27. The summed E-state index contributed by atoms with van der Waals surface area (Å²) in [4.78, 5) is 12.9. The second-order valence-electron chi connectivity index (χ2n) is 9.97. The summed E-state index contributed by atoms with van der Waals surface area (Å²) in [5, 5.41) is 11.3. The molecule has 0 saturated carbocycles. The summed E-state index contributed by atoms with van der Waals surface area (Å²) in [6, 6.07) is 21.3. The SMILES string of the molecule is Cn1c(=O)n(CC(C)(C)C)c2ccc(-c3cccc(C(C)(O)c4ccc(N)cc4)c3)cc21. The van der Waals surface area contributed by atoms with E-state index in [-0.39, 0.29) is 11.1 Å². The van der Waals surface area contributed by atoms with E-state index in [1.54, 1.807) is 23.6 Å². The van der Waals surface area contributed by atoms with Gasteiger partial charge in [-0.05, 0) is 64.9 Å². The van der Waals surface area contributed by atoms with E-state index in [9.17, 15) is 9.90 Å². The second-order valence-corrected chi connectivity index (χ2v) is 9.97. The predicted octanol–water partition coefficient (Wildman–Crippen LogP) is 4.89. The van der Waals surface area contributed by atoms with Crippen LogP contribution in [0.1, 0.15) is 38.8 Å². The first-order chi connectivity index (χ1) is 15.0. The summed E-state index contributed by atoms with van der Waals surface area (Å²) in [7, 11) is 1.82. The minimum atomic E-state index is -1.16. The van der Waals surface area contributed by atoms with Gasteiger partial charge < -0.3 is 10.8 Å². The summed E-state index contributed by atoms with van der Waals surface area (Å²) in [5.41, 5.74) is 10.7. The molecule has 1 unspecified atom stereocenters. The fourth-order valence-corrected chi connectivity index (χ4v) is 4.19. The highest BCUT2D eigenvalue weighted by atomic mass is 16.3. The van der Waals surface area contributed by atoms with Gasteiger partial charge in [-0.15, -0.1) is 0 Å². The van der Waals surface area contributed by atoms with Crippen LogP contribution in [-0.4, -0.2) is 14.2 Å². The molecule has 0 aliphatic rings. The van der Waals surface area contributed by atoms with E-state index in [0.717, 1.165) is 33.3 Å². The minimum absolute atomic E-state index is 0.00119. The van der Waals surface area contributed by atoms with Gasteiger partial charge in [0.25, 0.3) is 0 Å². The molecule has 32 heavy (non-hydrogen) atoms. The number of aromatic nitrogens is 2. The number of nitrogens with two attached hydrogens (primary N) is 1. The highest BCUT2D eigenvalue weighted by molar-refractivity contribution is 5.83. The number of nitrogens with zero attached hydrogens (tertiary/aromatic N) is 2. The summed E-state index contributed by atoms with van der Waals surface area (Å²) < 4.78 is 3.56. The molecule has 0 aliphatic heterocycles. The van der Waals surface area contributed by atoms with Crippen molar-refractivity contribution >= 4 is 16.7 Å². The van der Waals surface area contributed by atoms with Gasteiger partial charge in [-0.1, -0.05) is 57.2 Å². The molecular formula is C27H31N3O2. The minimum Gasteiger partial charge on any atom is -0.399 e. The number of anilines is 1. The first kappa shape index (κ1) is 21.9. The molecule has 0 spiro atoms. The van der Waals surface area contributed by atoms with Crippen LogP contribution >= 0.6 is 0 Å². The van der Waals surface area contributed by atoms with Crippen LogP contribution in [0.5, 0.6) is 0 Å². The molecule has 0 fully saturated rings. The molecule has 1 heterocycles. The molecule has 3 aromatic carbocycles. The summed E-state index contributed by atoms with van der Waals surface area (Å²) in [6.45, 7) is 8.83. The smallest absolute Gasteiger partial charge is 0.328 e. The zero-order chi connectivity index (χ0) is 23.3. The van der Waals surface area contributed by atoms with Gasteiger partial charge >= 0.3 is 5.69 Å². The van der Waals surface area contributed by atoms with Crippen LogP contribution < -0.4 is 11.4 Å². The lowest BCUT2D eigenvalue weighted by Gasteiger charge is -2.25.